The van der Waals surface area contributed by atoms with Crippen LogP contribution in [-0.4, -0.2) is 24.0 Å². The molecule has 0 spiro atoms. The molecule has 1 aromatic rings. The van der Waals surface area contributed by atoms with Crippen LogP contribution in [0.4, 0.5) is 5.69 Å². The average Bonchev–Trinajstić information content (AvgIpc) is 2.49. The summed E-state index contributed by atoms with van der Waals surface area (Å²) in [4.78, 5) is 16.4. The van der Waals surface area contributed by atoms with Gasteiger partial charge in [0, 0.05) is 29.7 Å². The number of nitrogens with zero attached hydrogens (tertiary/aromatic N) is 1. The number of halogens is 1. The van der Waals surface area contributed by atoms with Crippen LogP contribution in [-0.2, 0) is 9.53 Å². The van der Waals surface area contributed by atoms with Crippen molar-refractivity contribution < 1.29 is 9.53 Å². The minimum absolute atomic E-state index is 0.335. The summed E-state index contributed by atoms with van der Waals surface area (Å²) in [6, 6.07) is 7.34. The molecule has 0 fully saturated rings. The standard InChI is InChI=1S/C14H17ClN2O2S2/c1-4-12(13(18)19-5-2)20-14(16-3)21-17-11-8-6-10(15)7-9-11/h4,6-9,17H,5H2,1-3H3/b12-4+,16-14?. The highest BCUT2D eigenvalue weighted by Gasteiger charge is 2.14. The van der Waals surface area contributed by atoms with Gasteiger partial charge < -0.3 is 9.46 Å². The fourth-order valence-electron chi connectivity index (χ4n) is 1.25. The first-order valence-corrected chi connectivity index (χ1v) is 8.28. The number of allylic oxidation sites excluding steroid dienone is 1. The first-order chi connectivity index (χ1) is 10.1. The zero-order chi connectivity index (χ0) is 15.7. The lowest BCUT2D eigenvalue weighted by atomic mass is 10.3. The predicted octanol–water partition coefficient (Wildman–Crippen LogP) is 4.59. The van der Waals surface area contributed by atoms with Crippen molar-refractivity contribution in [3.8, 4) is 0 Å². The van der Waals surface area contributed by atoms with Crippen LogP contribution >= 0.6 is 35.3 Å². The molecular weight excluding hydrogens is 328 g/mol. The van der Waals surface area contributed by atoms with E-state index in [0.717, 1.165) is 5.69 Å². The van der Waals surface area contributed by atoms with Crippen molar-refractivity contribution in [1.29, 1.82) is 0 Å². The molecule has 7 heteroatoms. The van der Waals surface area contributed by atoms with Crippen LogP contribution in [0.25, 0.3) is 0 Å². The quantitative estimate of drug-likeness (QED) is 0.278. The number of esters is 1. The highest BCUT2D eigenvalue weighted by Crippen LogP contribution is 2.27. The number of aliphatic imine (C=N–C) groups is 1. The summed E-state index contributed by atoms with van der Waals surface area (Å²) < 4.78 is 8.85. The van der Waals surface area contributed by atoms with Crippen LogP contribution in [0.2, 0.25) is 5.02 Å². The van der Waals surface area contributed by atoms with E-state index < -0.39 is 0 Å². The van der Waals surface area contributed by atoms with Gasteiger partial charge in [-0.3, -0.25) is 4.99 Å². The van der Waals surface area contributed by atoms with Crippen molar-refractivity contribution in [2.75, 3.05) is 18.4 Å². The van der Waals surface area contributed by atoms with Gasteiger partial charge in [-0.2, -0.15) is 0 Å². The van der Waals surface area contributed by atoms with Gasteiger partial charge >= 0.3 is 5.97 Å². The van der Waals surface area contributed by atoms with Gasteiger partial charge in [-0.15, -0.1) is 0 Å². The molecule has 1 aromatic carbocycles. The van der Waals surface area contributed by atoms with Gasteiger partial charge in [0.15, 0.2) is 0 Å². The zero-order valence-corrected chi connectivity index (χ0v) is 14.4. The Morgan fingerprint density at radius 2 is 2.10 bits per heavy atom. The highest BCUT2D eigenvalue weighted by atomic mass is 35.5. The third kappa shape index (κ3) is 6.46. The summed E-state index contributed by atoms with van der Waals surface area (Å²) in [6.07, 6.45) is 1.72. The Hall–Kier alpha value is -1.11. The SMILES string of the molecule is C/C=C(/SC(=NC)SNc1ccc(Cl)cc1)C(=O)OCC. The molecule has 0 aliphatic carbocycles. The maximum atomic E-state index is 11.7. The maximum Gasteiger partial charge on any atom is 0.344 e. The zero-order valence-electron chi connectivity index (χ0n) is 12.1. The third-order valence-corrected chi connectivity index (χ3v) is 4.65. The Morgan fingerprint density at radius 3 is 2.62 bits per heavy atom. The lowest BCUT2D eigenvalue weighted by molar-refractivity contribution is -0.137. The van der Waals surface area contributed by atoms with Crippen LogP contribution in [0, 0.1) is 0 Å². The molecule has 0 radical (unpaired) electrons. The van der Waals surface area contributed by atoms with E-state index in [1.54, 1.807) is 39.1 Å². The van der Waals surface area contributed by atoms with Crippen molar-refractivity contribution in [2.24, 2.45) is 4.99 Å². The molecule has 0 amide bonds. The molecule has 0 aromatic heterocycles. The first-order valence-electron chi connectivity index (χ1n) is 6.27. The molecule has 0 heterocycles. The minimum atomic E-state index is -0.335. The summed E-state index contributed by atoms with van der Waals surface area (Å²) in [5.41, 5.74) is 0.907. The number of ether oxygens (including phenoxy) is 1. The Bertz CT molecular complexity index is 530. The number of nitrogens with one attached hydrogen (secondary N) is 1. The van der Waals surface area contributed by atoms with Crippen LogP contribution in [0.1, 0.15) is 13.8 Å². The van der Waals surface area contributed by atoms with Gasteiger partial charge in [-0.05, 0) is 38.1 Å². The lowest BCUT2D eigenvalue weighted by Crippen LogP contribution is -2.07. The number of benzene rings is 1. The summed E-state index contributed by atoms with van der Waals surface area (Å²) in [7, 11) is 1.68. The van der Waals surface area contributed by atoms with E-state index in [0.29, 0.717) is 20.9 Å². The first kappa shape index (κ1) is 17.9. The second kappa shape index (κ2) is 9.76. The number of hydrogen-bond acceptors (Lipinski definition) is 6. The summed E-state index contributed by atoms with van der Waals surface area (Å²) >= 11 is 8.43. The van der Waals surface area contributed by atoms with Crippen LogP contribution < -0.4 is 4.72 Å². The van der Waals surface area contributed by atoms with Crippen LogP contribution in [0.15, 0.2) is 40.2 Å². The Balaban J connectivity index is 2.59. The number of carbonyl (C=O) groups excluding carboxylic acids is 1. The van der Waals surface area contributed by atoms with Gasteiger partial charge in [0.25, 0.3) is 0 Å². The third-order valence-electron chi connectivity index (χ3n) is 2.22. The second-order valence-electron chi connectivity index (χ2n) is 3.68. The maximum absolute atomic E-state index is 11.7. The van der Waals surface area contributed by atoms with E-state index in [9.17, 15) is 4.79 Å². The smallest absolute Gasteiger partial charge is 0.344 e. The summed E-state index contributed by atoms with van der Waals surface area (Å²) in [5.74, 6) is -0.335. The number of thioether (sulfide) groups is 1. The molecule has 0 aliphatic rings. The van der Waals surface area contributed by atoms with E-state index in [-0.39, 0.29) is 5.97 Å². The molecule has 0 aliphatic heterocycles. The van der Waals surface area contributed by atoms with Gasteiger partial charge in [-0.1, -0.05) is 29.4 Å². The Morgan fingerprint density at radius 1 is 1.43 bits per heavy atom. The molecule has 0 saturated carbocycles. The molecule has 21 heavy (non-hydrogen) atoms. The molecule has 1 rings (SSSR count). The predicted molar refractivity (Wildman–Crippen MR) is 94.0 cm³/mol. The lowest BCUT2D eigenvalue weighted by Gasteiger charge is -2.09. The van der Waals surface area contributed by atoms with Crippen molar-refractivity contribution in [1.82, 2.24) is 0 Å². The fraction of sp³-hybridized carbons (Fsp3) is 0.286. The van der Waals surface area contributed by atoms with E-state index in [4.69, 9.17) is 16.3 Å². The van der Waals surface area contributed by atoms with Crippen molar-refractivity contribution >= 4 is 51.3 Å². The summed E-state index contributed by atoms with van der Waals surface area (Å²) in [5, 5.41) is 0.683. The number of anilines is 1. The molecule has 4 nitrogen and oxygen atoms in total. The second-order valence-corrected chi connectivity index (χ2v) is 6.20. The van der Waals surface area contributed by atoms with Gasteiger partial charge in [-0.25, -0.2) is 4.79 Å². The fourth-order valence-corrected chi connectivity index (χ4v) is 2.91. The largest absolute Gasteiger partial charge is 0.462 e. The molecule has 114 valence electrons. The summed E-state index contributed by atoms with van der Waals surface area (Å²) in [6.45, 7) is 3.93. The van der Waals surface area contributed by atoms with Crippen LogP contribution in [0.3, 0.4) is 0 Å². The molecule has 0 atom stereocenters. The molecular formula is C14H17ClN2O2S2. The molecule has 0 saturated heterocycles. The van der Waals surface area contributed by atoms with Gasteiger partial charge in [0.2, 0.25) is 0 Å². The molecule has 0 bridgehead atoms. The monoisotopic (exact) mass is 344 g/mol. The number of carbonyl (C=O) groups is 1. The Kier molecular flexibility index (Phi) is 8.34. The van der Waals surface area contributed by atoms with Gasteiger partial charge in [0.1, 0.15) is 4.38 Å². The van der Waals surface area contributed by atoms with E-state index >= 15 is 0 Å². The van der Waals surface area contributed by atoms with E-state index in [1.165, 1.54) is 23.7 Å². The minimum Gasteiger partial charge on any atom is -0.462 e. The number of rotatable bonds is 5. The average molecular weight is 345 g/mol. The highest BCUT2D eigenvalue weighted by molar-refractivity contribution is 8.41. The molecule has 1 N–H and O–H groups in total. The van der Waals surface area contributed by atoms with E-state index in [1.807, 2.05) is 12.1 Å². The Labute approximate surface area is 138 Å². The molecule has 0 unspecified atom stereocenters. The van der Waals surface area contributed by atoms with Gasteiger partial charge in [0.05, 0.1) is 11.5 Å². The van der Waals surface area contributed by atoms with Crippen molar-refractivity contribution in [2.45, 2.75) is 13.8 Å². The van der Waals surface area contributed by atoms with Crippen LogP contribution in [0.5, 0.6) is 0 Å². The topological polar surface area (TPSA) is 50.7 Å². The van der Waals surface area contributed by atoms with Crippen molar-refractivity contribution in [3.05, 3.63) is 40.3 Å². The van der Waals surface area contributed by atoms with E-state index in [2.05, 4.69) is 9.71 Å². The normalized spacial score (nSPS) is 12.2. The van der Waals surface area contributed by atoms with Crippen molar-refractivity contribution in [3.63, 3.8) is 0 Å². The number of hydrogen-bond donors (Lipinski definition) is 1.